The molecule has 0 aromatic heterocycles. The van der Waals surface area contributed by atoms with Crippen LogP contribution < -0.4 is 5.32 Å². The monoisotopic (exact) mass is 376 g/mol. The van der Waals surface area contributed by atoms with Gasteiger partial charge in [-0.15, -0.1) is 0 Å². The van der Waals surface area contributed by atoms with E-state index in [1.54, 1.807) is 6.92 Å². The van der Waals surface area contributed by atoms with Crippen LogP contribution in [0.15, 0.2) is 30.3 Å². The van der Waals surface area contributed by atoms with Crippen molar-refractivity contribution in [3.63, 3.8) is 0 Å². The molecule has 1 aliphatic heterocycles. The molecule has 1 fully saturated rings. The Hall–Kier alpha value is -2.41. The maximum atomic E-state index is 12.3. The van der Waals surface area contributed by atoms with Crippen molar-refractivity contribution in [1.29, 1.82) is 0 Å². The second-order valence-electron chi connectivity index (χ2n) is 6.64. The summed E-state index contributed by atoms with van der Waals surface area (Å²) in [5.41, 5.74) is 1.19. The number of carbonyl (C=O) groups is 3. The molecule has 7 nitrogen and oxygen atoms in total. The van der Waals surface area contributed by atoms with Gasteiger partial charge < -0.3 is 20.1 Å². The molecule has 2 amide bonds. The Balaban J connectivity index is 1.68. The first-order valence-electron chi connectivity index (χ1n) is 9.46. The van der Waals surface area contributed by atoms with Gasteiger partial charge in [0.15, 0.2) is 0 Å². The summed E-state index contributed by atoms with van der Waals surface area (Å²) in [7, 11) is 0. The first kappa shape index (κ1) is 20.9. The number of rotatable bonds is 9. The third-order valence-corrected chi connectivity index (χ3v) is 4.53. The Morgan fingerprint density at radius 3 is 2.67 bits per heavy atom. The maximum Gasteiger partial charge on any atom is 0.328 e. The standard InChI is InChI=1S/C20H28N2O5/c1-2-27-20(26)17-13-16(23)14-22(17)19(25)11-12-21-18(24)10-6-9-15-7-4-3-5-8-15/h3-5,7-8,16-17,23H,2,6,9-14H2,1H3,(H,21,24)/t16-,17+/m1/s1. The van der Waals surface area contributed by atoms with Crippen LogP contribution in [0.5, 0.6) is 0 Å². The number of β-amino-alcohol motifs (C(OH)–C–C–N with tert-alkyl or cyclic N) is 1. The summed E-state index contributed by atoms with van der Waals surface area (Å²) in [5.74, 6) is -0.858. The van der Waals surface area contributed by atoms with E-state index in [2.05, 4.69) is 5.32 Å². The van der Waals surface area contributed by atoms with Crippen LogP contribution >= 0.6 is 0 Å². The highest BCUT2D eigenvalue weighted by molar-refractivity contribution is 5.86. The highest BCUT2D eigenvalue weighted by Crippen LogP contribution is 2.20. The number of hydrogen-bond acceptors (Lipinski definition) is 5. The van der Waals surface area contributed by atoms with Crippen LogP contribution in [-0.2, 0) is 25.5 Å². The Bertz CT molecular complexity index is 635. The van der Waals surface area contributed by atoms with Gasteiger partial charge in [-0.1, -0.05) is 30.3 Å². The molecule has 0 aliphatic carbocycles. The summed E-state index contributed by atoms with van der Waals surface area (Å²) < 4.78 is 4.96. The average Bonchev–Trinajstić information content (AvgIpc) is 3.05. The molecule has 2 rings (SSSR count). The predicted molar refractivity (Wildman–Crippen MR) is 99.8 cm³/mol. The van der Waals surface area contributed by atoms with Gasteiger partial charge in [0.2, 0.25) is 11.8 Å². The number of aryl methyl sites for hydroxylation is 1. The number of aliphatic hydroxyl groups excluding tert-OH is 1. The van der Waals surface area contributed by atoms with Crippen molar-refractivity contribution < 1.29 is 24.2 Å². The van der Waals surface area contributed by atoms with Crippen LogP contribution in [0.1, 0.15) is 38.2 Å². The van der Waals surface area contributed by atoms with E-state index in [1.165, 1.54) is 10.5 Å². The zero-order chi connectivity index (χ0) is 19.6. The van der Waals surface area contributed by atoms with Crippen LogP contribution in [0.4, 0.5) is 0 Å². The molecule has 1 saturated heterocycles. The largest absolute Gasteiger partial charge is 0.464 e. The number of hydrogen-bond donors (Lipinski definition) is 2. The van der Waals surface area contributed by atoms with E-state index in [9.17, 15) is 19.5 Å². The van der Waals surface area contributed by atoms with Gasteiger partial charge in [0.1, 0.15) is 6.04 Å². The van der Waals surface area contributed by atoms with Crippen molar-refractivity contribution in [2.24, 2.45) is 0 Å². The lowest BCUT2D eigenvalue weighted by atomic mass is 10.1. The van der Waals surface area contributed by atoms with Crippen LogP contribution in [0, 0.1) is 0 Å². The quantitative estimate of drug-likeness (QED) is 0.628. The van der Waals surface area contributed by atoms with Gasteiger partial charge in [0.25, 0.3) is 0 Å². The lowest BCUT2D eigenvalue weighted by Crippen LogP contribution is -2.42. The molecule has 27 heavy (non-hydrogen) atoms. The summed E-state index contributed by atoms with van der Waals surface area (Å²) in [4.78, 5) is 37.5. The summed E-state index contributed by atoms with van der Waals surface area (Å²) in [5, 5.41) is 12.5. The van der Waals surface area contributed by atoms with Gasteiger partial charge in [-0.05, 0) is 25.3 Å². The molecule has 1 heterocycles. The molecule has 0 unspecified atom stereocenters. The summed E-state index contributed by atoms with van der Waals surface area (Å²) in [6.07, 6.45) is 1.53. The number of nitrogens with one attached hydrogen (secondary N) is 1. The van der Waals surface area contributed by atoms with Gasteiger partial charge in [-0.25, -0.2) is 4.79 Å². The number of likely N-dealkylation sites (tertiary alicyclic amines) is 1. The SMILES string of the molecule is CCOC(=O)[C@@H]1C[C@@H](O)CN1C(=O)CCNC(=O)CCCc1ccccc1. The van der Waals surface area contributed by atoms with Crippen LogP contribution in [0.2, 0.25) is 0 Å². The number of aliphatic hydroxyl groups is 1. The molecule has 7 heteroatoms. The molecular weight excluding hydrogens is 348 g/mol. The third kappa shape index (κ3) is 6.67. The van der Waals surface area contributed by atoms with E-state index < -0.39 is 18.1 Å². The zero-order valence-electron chi connectivity index (χ0n) is 15.7. The molecule has 2 atom stereocenters. The zero-order valence-corrected chi connectivity index (χ0v) is 15.7. The normalized spacial score (nSPS) is 19.0. The molecule has 1 aromatic rings. The van der Waals surface area contributed by atoms with Gasteiger partial charge in [-0.3, -0.25) is 9.59 Å². The van der Waals surface area contributed by atoms with Crippen molar-refractivity contribution in [2.75, 3.05) is 19.7 Å². The number of amides is 2. The molecule has 148 valence electrons. The van der Waals surface area contributed by atoms with Gasteiger partial charge >= 0.3 is 5.97 Å². The van der Waals surface area contributed by atoms with E-state index in [-0.39, 0.29) is 44.4 Å². The fraction of sp³-hybridized carbons (Fsp3) is 0.550. The molecule has 0 spiro atoms. The maximum absolute atomic E-state index is 12.3. The van der Waals surface area contributed by atoms with Crippen LogP contribution in [0.25, 0.3) is 0 Å². The number of ether oxygens (including phenoxy) is 1. The second kappa shape index (κ2) is 10.7. The van der Waals surface area contributed by atoms with Gasteiger partial charge in [-0.2, -0.15) is 0 Å². The fourth-order valence-corrected chi connectivity index (χ4v) is 3.19. The Kier molecular flexibility index (Phi) is 8.26. The molecule has 0 bridgehead atoms. The highest BCUT2D eigenvalue weighted by Gasteiger charge is 2.39. The lowest BCUT2D eigenvalue weighted by molar-refractivity contribution is -0.153. The number of nitrogens with zero attached hydrogens (tertiary/aromatic N) is 1. The second-order valence-corrected chi connectivity index (χ2v) is 6.64. The van der Waals surface area contributed by atoms with Crippen molar-refractivity contribution in [2.45, 2.75) is 51.2 Å². The first-order valence-corrected chi connectivity index (χ1v) is 9.46. The van der Waals surface area contributed by atoms with Crippen LogP contribution in [0.3, 0.4) is 0 Å². The van der Waals surface area contributed by atoms with E-state index in [4.69, 9.17) is 4.74 Å². The van der Waals surface area contributed by atoms with Crippen molar-refractivity contribution in [3.05, 3.63) is 35.9 Å². The highest BCUT2D eigenvalue weighted by atomic mass is 16.5. The first-order chi connectivity index (χ1) is 13.0. The average molecular weight is 376 g/mol. The molecular formula is C20H28N2O5. The minimum absolute atomic E-state index is 0.0903. The Labute approximate surface area is 159 Å². The summed E-state index contributed by atoms with van der Waals surface area (Å²) in [6.45, 7) is 2.26. The smallest absolute Gasteiger partial charge is 0.328 e. The van der Waals surface area contributed by atoms with Crippen molar-refractivity contribution >= 4 is 17.8 Å². The predicted octanol–water partition coefficient (Wildman–Crippen LogP) is 1.04. The lowest BCUT2D eigenvalue weighted by Gasteiger charge is -2.22. The molecule has 1 aliphatic rings. The third-order valence-electron chi connectivity index (χ3n) is 4.53. The number of benzene rings is 1. The van der Waals surface area contributed by atoms with E-state index in [0.29, 0.717) is 6.42 Å². The Morgan fingerprint density at radius 2 is 1.96 bits per heavy atom. The topological polar surface area (TPSA) is 95.9 Å². The molecule has 1 aromatic carbocycles. The van der Waals surface area contributed by atoms with Crippen LogP contribution in [-0.4, -0.2) is 59.6 Å². The summed E-state index contributed by atoms with van der Waals surface area (Å²) >= 11 is 0. The molecule has 2 N–H and O–H groups in total. The summed E-state index contributed by atoms with van der Waals surface area (Å²) in [6, 6.07) is 9.22. The fourth-order valence-electron chi connectivity index (χ4n) is 3.19. The number of esters is 1. The minimum Gasteiger partial charge on any atom is -0.464 e. The van der Waals surface area contributed by atoms with E-state index >= 15 is 0 Å². The number of carbonyl (C=O) groups excluding carboxylic acids is 3. The van der Waals surface area contributed by atoms with E-state index in [0.717, 1.165) is 12.8 Å². The van der Waals surface area contributed by atoms with Gasteiger partial charge in [0.05, 0.1) is 12.7 Å². The minimum atomic E-state index is -0.742. The van der Waals surface area contributed by atoms with Gasteiger partial charge in [0, 0.05) is 32.4 Å². The Morgan fingerprint density at radius 1 is 1.22 bits per heavy atom. The van der Waals surface area contributed by atoms with Crippen molar-refractivity contribution in [3.8, 4) is 0 Å². The van der Waals surface area contributed by atoms with E-state index in [1.807, 2.05) is 30.3 Å². The molecule has 0 saturated carbocycles. The van der Waals surface area contributed by atoms with Crippen molar-refractivity contribution in [1.82, 2.24) is 10.2 Å². The molecule has 0 radical (unpaired) electrons.